The highest BCUT2D eigenvalue weighted by Gasteiger charge is 2.64. The molecule has 2 aliphatic carbocycles. The number of fused-ring (bicyclic) bond motifs is 1. The van der Waals surface area contributed by atoms with E-state index >= 15 is 0 Å². The Labute approximate surface area is 160 Å². The number of benzene rings is 1. The molecule has 138 valence electrons. The number of carbonyl (C=O) groups excluding carboxylic acids is 3. The van der Waals surface area contributed by atoms with Crippen LogP contribution in [-0.2, 0) is 19.1 Å². The first-order valence-corrected chi connectivity index (χ1v) is 9.67. The highest BCUT2D eigenvalue weighted by Crippen LogP contribution is 2.58. The molecule has 0 N–H and O–H groups in total. The van der Waals surface area contributed by atoms with E-state index in [9.17, 15) is 14.4 Å². The monoisotopic (exact) mass is 396 g/mol. The first-order chi connectivity index (χ1) is 12.5. The molecule has 3 fully saturated rings. The van der Waals surface area contributed by atoms with Crippen LogP contribution in [0.15, 0.2) is 24.3 Å². The summed E-state index contributed by atoms with van der Waals surface area (Å²) < 4.78 is 10.9. The van der Waals surface area contributed by atoms with Gasteiger partial charge in [-0.1, -0.05) is 11.6 Å². The lowest BCUT2D eigenvalue weighted by atomic mass is 9.80. The van der Waals surface area contributed by atoms with Gasteiger partial charge in [-0.3, -0.25) is 14.4 Å². The Hall–Kier alpha value is -1.59. The normalized spacial score (nSPS) is 32.4. The zero-order valence-electron chi connectivity index (χ0n) is 13.9. The minimum Gasteiger partial charge on any atom is -0.462 e. The molecule has 5 nitrogen and oxygen atoms in total. The Morgan fingerprint density at radius 2 is 1.96 bits per heavy atom. The second kappa shape index (κ2) is 6.86. The largest absolute Gasteiger partial charge is 0.462 e. The van der Waals surface area contributed by atoms with Gasteiger partial charge in [-0.05, 0) is 43.0 Å². The van der Waals surface area contributed by atoms with Crippen LogP contribution in [0.25, 0.3) is 0 Å². The van der Waals surface area contributed by atoms with E-state index in [2.05, 4.69) is 0 Å². The van der Waals surface area contributed by atoms with E-state index in [1.807, 2.05) is 0 Å². The first kappa shape index (κ1) is 17.8. The average molecular weight is 397 g/mol. The lowest BCUT2D eigenvalue weighted by Gasteiger charge is -2.25. The number of rotatable bonds is 6. The number of halogens is 2. The first-order valence-electron chi connectivity index (χ1n) is 8.76. The van der Waals surface area contributed by atoms with E-state index in [0.29, 0.717) is 17.0 Å². The van der Waals surface area contributed by atoms with Gasteiger partial charge in [0.25, 0.3) is 0 Å². The molecular weight excluding hydrogens is 379 g/mol. The van der Waals surface area contributed by atoms with Gasteiger partial charge in [-0.15, -0.1) is 11.6 Å². The molecule has 6 atom stereocenters. The van der Waals surface area contributed by atoms with Gasteiger partial charge in [-0.25, -0.2) is 0 Å². The van der Waals surface area contributed by atoms with E-state index in [0.717, 1.165) is 6.42 Å². The fourth-order valence-electron chi connectivity index (χ4n) is 4.69. The third kappa shape index (κ3) is 2.91. The van der Waals surface area contributed by atoms with Gasteiger partial charge in [0, 0.05) is 28.8 Å². The van der Waals surface area contributed by atoms with Gasteiger partial charge in [0.15, 0.2) is 6.10 Å². The molecule has 3 aliphatic rings. The van der Waals surface area contributed by atoms with E-state index in [1.165, 1.54) is 0 Å². The number of carbonyl (C=O) groups is 3. The van der Waals surface area contributed by atoms with Crippen molar-refractivity contribution in [1.82, 2.24) is 0 Å². The highest BCUT2D eigenvalue weighted by atomic mass is 35.5. The second-order valence-corrected chi connectivity index (χ2v) is 8.01. The number of esters is 2. The lowest BCUT2D eigenvalue weighted by Crippen LogP contribution is -2.37. The van der Waals surface area contributed by atoms with Crippen LogP contribution in [-0.4, -0.2) is 35.8 Å². The molecule has 2 saturated carbocycles. The van der Waals surface area contributed by atoms with Crippen molar-refractivity contribution >= 4 is 40.9 Å². The maximum atomic E-state index is 12.8. The van der Waals surface area contributed by atoms with Gasteiger partial charge >= 0.3 is 11.9 Å². The van der Waals surface area contributed by atoms with Crippen LogP contribution >= 0.6 is 23.2 Å². The van der Waals surface area contributed by atoms with Crippen LogP contribution in [0.5, 0.6) is 0 Å². The molecule has 0 radical (unpaired) electrons. The number of Topliss-reactive ketones (excluding diaryl/α,β-unsaturated/α-hetero) is 1. The molecule has 7 heteroatoms. The predicted molar refractivity (Wildman–Crippen MR) is 94.1 cm³/mol. The Morgan fingerprint density at radius 3 is 2.65 bits per heavy atom. The van der Waals surface area contributed by atoms with E-state index in [4.69, 9.17) is 32.7 Å². The van der Waals surface area contributed by atoms with Crippen LogP contribution < -0.4 is 0 Å². The molecule has 4 rings (SSSR count). The summed E-state index contributed by atoms with van der Waals surface area (Å²) in [5, 5.41) is 0.517. The third-order valence-electron chi connectivity index (χ3n) is 5.81. The van der Waals surface area contributed by atoms with Crippen molar-refractivity contribution in [2.24, 2.45) is 23.7 Å². The van der Waals surface area contributed by atoms with Crippen molar-refractivity contribution in [3.8, 4) is 0 Å². The molecular formula is C19H18Cl2O5. The summed E-state index contributed by atoms with van der Waals surface area (Å²) in [6.07, 6.45) is 0.724. The summed E-state index contributed by atoms with van der Waals surface area (Å²) in [5.74, 6) is -1.65. The summed E-state index contributed by atoms with van der Waals surface area (Å²) in [7, 11) is 0. The molecule has 26 heavy (non-hydrogen) atoms. The quantitative estimate of drug-likeness (QED) is 0.419. The topological polar surface area (TPSA) is 69.7 Å². The molecule has 0 spiro atoms. The molecule has 1 saturated heterocycles. The van der Waals surface area contributed by atoms with Crippen LogP contribution in [0.1, 0.15) is 29.6 Å². The Morgan fingerprint density at radius 1 is 1.23 bits per heavy atom. The maximum Gasteiger partial charge on any atom is 0.310 e. The fourth-order valence-corrected chi connectivity index (χ4v) is 5.01. The van der Waals surface area contributed by atoms with Crippen molar-refractivity contribution in [3.05, 3.63) is 34.9 Å². The molecule has 1 aromatic rings. The average Bonchev–Trinajstić information content (AvgIpc) is 3.23. The summed E-state index contributed by atoms with van der Waals surface area (Å²) in [6, 6.07) is 6.41. The Balaban J connectivity index is 1.50. The van der Waals surface area contributed by atoms with Gasteiger partial charge in [0.2, 0.25) is 5.78 Å². The summed E-state index contributed by atoms with van der Waals surface area (Å²) in [5.41, 5.74) is 0.408. The lowest BCUT2D eigenvalue weighted by molar-refractivity contribution is -0.158. The zero-order chi connectivity index (χ0) is 18.4. The summed E-state index contributed by atoms with van der Waals surface area (Å²) in [6.45, 7) is 0. The number of ketones is 1. The van der Waals surface area contributed by atoms with Crippen molar-refractivity contribution in [3.63, 3.8) is 0 Å². The number of hydrogen-bond acceptors (Lipinski definition) is 5. The van der Waals surface area contributed by atoms with Gasteiger partial charge in [-0.2, -0.15) is 0 Å². The van der Waals surface area contributed by atoms with Crippen molar-refractivity contribution in [1.29, 1.82) is 0 Å². The minimum absolute atomic E-state index is 0.0455. The maximum absolute atomic E-state index is 12.8. The number of alkyl halides is 1. The Kier molecular flexibility index (Phi) is 4.70. The van der Waals surface area contributed by atoms with Crippen LogP contribution in [0.3, 0.4) is 0 Å². The molecule has 1 heterocycles. The van der Waals surface area contributed by atoms with Crippen LogP contribution in [0.4, 0.5) is 0 Å². The fraction of sp³-hybridized carbons (Fsp3) is 0.526. The Bertz CT molecular complexity index is 745. The van der Waals surface area contributed by atoms with Gasteiger partial charge in [0.05, 0.1) is 11.8 Å². The number of hydrogen-bond donors (Lipinski definition) is 0. The highest BCUT2D eigenvalue weighted by molar-refractivity contribution is 6.30. The molecule has 1 aromatic carbocycles. The van der Waals surface area contributed by atoms with E-state index < -0.39 is 23.9 Å². The SMILES string of the molecule is O=C(O[C@@H](CCCl)C(=O)c1ccc(Cl)cc1)[C@@H]1[C@@H]2C[C@@H]3[C@@H]1C(=O)O[C@@H]3C2. The third-order valence-corrected chi connectivity index (χ3v) is 6.28. The van der Waals surface area contributed by atoms with Gasteiger partial charge < -0.3 is 9.47 Å². The smallest absolute Gasteiger partial charge is 0.310 e. The minimum atomic E-state index is -0.964. The molecule has 0 unspecified atom stereocenters. The summed E-state index contributed by atoms with van der Waals surface area (Å²) in [4.78, 5) is 37.6. The van der Waals surface area contributed by atoms with Crippen LogP contribution in [0, 0.1) is 23.7 Å². The molecule has 0 aromatic heterocycles. The molecule has 1 aliphatic heterocycles. The second-order valence-electron chi connectivity index (χ2n) is 7.20. The molecule has 2 bridgehead atoms. The standard InChI is InChI=1S/C19H18Cl2O5/c20-6-5-13(17(22)9-1-3-11(21)4-2-9)25-18(23)15-10-7-12-14(8-10)26-19(24)16(12)15/h1-4,10,12-16H,5-8H2/t10-,12+,13+,14-,15-,16+/m1/s1. The predicted octanol–water partition coefficient (Wildman–Crippen LogP) is 3.26. The van der Waals surface area contributed by atoms with Crippen molar-refractivity contribution in [2.75, 3.05) is 5.88 Å². The number of ether oxygens (including phenoxy) is 2. The van der Waals surface area contributed by atoms with Crippen LogP contribution in [0.2, 0.25) is 5.02 Å². The van der Waals surface area contributed by atoms with E-state index in [1.54, 1.807) is 24.3 Å². The molecule has 0 amide bonds. The van der Waals surface area contributed by atoms with Crippen molar-refractivity contribution < 1.29 is 23.9 Å². The van der Waals surface area contributed by atoms with Gasteiger partial charge in [0.1, 0.15) is 6.10 Å². The summed E-state index contributed by atoms with van der Waals surface area (Å²) >= 11 is 11.7. The van der Waals surface area contributed by atoms with Crippen molar-refractivity contribution in [2.45, 2.75) is 31.5 Å². The zero-order valence-corrected chi connectivity index (χ0v) is 15.4. The van der Waals surface area contributed by atoms with E-state index in [-0.39, 0.29) is 42.0 Å².